The number of rotatable bonds is 4. The highest BCUT2D eigenvalue weighted by Gasteiger charge is 2.37. The standard InChI is InChI=1S/C27H33N7/c1-20-7-6-14-29-27(20)22-9-4-8-21(30-22)23-19-34-25(31-23)11-5-12-26(34)33-17-15-32(16-18-33)24-10-2-3-13-28-24/h2-3,5-7,10-14,21-23,30H,4,8-9,15-19H2,1H3/t21-,22+,23?/m1/s1. The highest BCUT2D eigenvalue weighted by Crippen LogP contribution is 2.31. The smallest absolute Gasteiger partial charge is 0.129 e. The van der Waals surface area contributed by atoms with Crippen LogP contribution in [0.25, 0.3) is 0 Å². The average Bonchev–Trinajstić information content (AvgIpc) is 3.34. The molecular formula is C27H33N7. The summed E-state index contributed by atoms with van der Waals surface area (Å²) in [6, 6.07) is 11.3. The van der Waals surface area contributed by atoms with E-state index in [1.54, 1.807) is 0 Å². The summed E-state index contributed by atoms with van der Waals surface area (Å²) in [5.41, 5.74) is 2.47. The van der Waals surface area contributed by atoms with Crippen LogP contribution in [-0.4, -0.2) is 70.4 Å². The average molecular weight is 456 g/mol. The lowest BCUT2D eigenvalue weighted by molar-refractivity contribution is 0.236. The minimum Gasteiger partial charge on any atom is -0.354 e. The fourth-order valence-corrected chi connectivity index (χ4v) is 5.76. The number of nitrogens with zero attached hydrogens (tertiary/aromatic N) is 6. The van der Waals surface area contributed by atoms with Gasteiger partial charge in [0.05, 0.1) is 17.8 Å². The van der Waals surface area contributed by atoms with E-state index in [4.69, 9.17) is 9.98 Å². The predicted molar refractivity (Wildman–Crippen MR) is 136 cm³/mol. The van der Waals surface area contributed by atoms with Crippen molar-refractivity contribution in [3.05, 3.63) is 78.0 Å². The van der Waals surface area contributed by atoms with E-state index in [1.165, 1.54) is 29.9 Å². The summed E-state index contributed by atoms with van der Waals surface area (Å²) in [4.78, 5) is 21.7. The number of piperazine rings is 1. The third kappa shape index (κ3) is 4.09. The van der Waals surface area contributed by atoms with Crippen molar-refractivity contribution in [2.24, 2.45) is 4.99 Å². The van der Waals surface area contributed by atoms with E-state index < -0.39 is 0 Å². The van der Waals surface area contributed by atoms with Crippen molar-refractivity contribution in [1.82, 2.24) is 25.1 Å². The summed E-state index contributed by atoms with van der Waals surface area (Å²) in [5, 5.41) is 3.91. The third-order valence-electron chi connectivity index (χ3n) is 7.56. The SMILES string of the molecule is Cc1cccnc1[C@@H]1CCC[C@H](C2CN3C(N4CCN(c5ccccn5)CC4)=CC=CC3=N2)N1. The molecule has 2 aromatic rings. The monoisotopic (exact) mass is 455 g/mol. The Bertz CT molecular complexity index is 1100. The molecule has 4 aliphatic rings. The number of pyridine rings is 2. The fraction of sp³-hybridized carbons (Fsp3) is 0.444. The lowest BCUT2D eigenvalue weighted by Gasteiger charge is -2.41. The van der Waals surface area contributed by atoms with Crippen molar-refractivity contribution in [3.8, 4) is 0 Å². The molecule has 2 aromatic heterocycles. The Morgan fingerprint density at radius 1 is 0.941 bits per heavy atom. The van der Waals surface area contributed by atoms with Crippen LogP contribution in [0.1, 0.15) is 36.6 Å². The highest BCUT2D eigenvalue weighted by atomic mass is 15.4. The number of anilines is 1. The second-order valence-corrected chi connectivity index (χ2v) is 9.67. The first-order valence-electron chi connectivity index (χ1n) is 12.6. The normalized spacial score (nSPS) is 26.9. The minimum atomic E-state index is 0.266. The minimum absolute atomic E-state index is 0.266. The quantitative estimate of drug-likeness (QED) is 0.764. The summed E-state index contributed by atoms with van der Waals surface area (Å²) in [6.07, 6.45) is 13.9. The van der Waals surface area contributed by atoms with Crippen molar-refractivity contribution in [3.63, 3.8) is 0 Å². The first-order valence-corrected chi connectivity index (χ1v) is 12.6. The van der Waals surface area contributed by atoms with E-state index in [0.717, 1.165) is 50.8 Å². The number of amidine groups is 1. The van der Waals surface area contributed by atoms with Crippen LogP contribution in [0.3, 0.4) is 0 Å². The zero-order valence-electron chi connectivity index (χ0n) is 19.8. The van der Waals surface area contributed by atoms with Gasteiger partial charge in [-0.1, -0.05) is 18.2 Å². The van der Waals surface area contributed by atoms with Crippen LogP contribution in [-0.2, 0) is 0 Å². The Morgan fingerprint density at radius 3 is 2.62 bits per heavy atom. The van der Waals surface area contributed by atoms with Gasteiger partial charge >= 0.3 is 0 Å². The van der Waals surface area contributed by atoms with Crippen LogP contribution in [0.4, 0.5) is 5.82 Å². The van der Waals surface area contributed by atoms with Gasteiger partial charge in [-0.2, -0.15) is 0 Å². The van der Waals surface area contributed by atoms with Crippen molar-refractivity contribution in [1.29, 1.82) is 0 Å². The molecule has 34 heavy (non-hydrogen) atoms. The number of aliphatic imine (C=N–C) groups is 1. The van der Waals surface area contributed by atoms with E-state index in [2.05, 4.69) is 68.4 Å². The first kappa shape index (κ1) is 21.4. The van der Waals surface area contributed by atoms with Crippen LogP contribution in [0.15, 0.2) is 71.8 Å². The third-order valence-corrected chi connectivity index (χ3v) is 7.56. The fourth-order valence-electron chi connectivity index (χ4n) is 5.76. The molecule has 0 aromatic carbocycles. The van der Waals surface area contributed by atoms with Crippen molar-refractivity contribution < 1.29 is 0 Å². The Morgan fingerprint density at radius 2 is 1.79 bits per heavy atom. The van der Waals surface area contributed by atoms with E-state index in [-0.39, 0.29) is 6.04 Å². The van der Waals surface area contributed by atoms with Gasteiger partial charge in [0, 0.05) is 51.2 Å². The Balaban J connectivity index is 1.12. The number of hydrogen-bond donors (Lipinski definition) is 1. The summed E-state index contributed by atoms with van der Waals surface area (Å²) in [6.45, 7) is 7.06. The van der Waals surface area contributed by atoms with Crippen LogP contribution >= 0.6 is 0 Å². The Kier molecular flexibility index (Phi) is 5.79. The number of hydrogen-bond acceptors (Lipinski definition) is 7. The summed E-state index contributed by atoms with van der Waals surface area (Å²) >= 11 is 0. The second kappa shape index (κ2) is 9.22. The van der Waals surface area contributed by atoms with E-state index in [0.29, 0.717) is 12.1 Å². The summed E-state index contributed by atoms with van der Waals surface area (Å²) < 4.78 is 0. The molecule has 0 spiro atoms. The zero-order chi connectivity index (χ0) is 22.9. The molecule has 2 fully saturated rings. The molecule has 0 radical (unpaired) electrons. The van der Waals surface area contributed by atoms with Gasteiger partial charge < -0.3 is 20.0 Å². The van der Waals surface area contributed by atoms with Crippen LogP contribution in [0, 0.1) is 6.92 Å². The molecular weight excluding hydrogens is 422 g/mol. The molecule has 0 amide bonds. The molecule has 1 N–H and O–H groups in total. The van der Waals surface area contributed by atoms with Gasteiger partial charge in [-0.15, -0.1) is 0 Å². The maximum absolute atomic E-state index is 5.18. The molecule has 7 nitrogen and oxygen atoms in total. The van der Waals surface area contributed by atoms with Gasteiger partial charge in [0.1, 0.15) is 17.5 Å². The Labute approximate surface area is 201 Å². The lowest BCUT2D eigenvalue weighted by atomic mass is 9.91. The van der Waals surface area contributed by atoms with Gasteiger partial charge in [-0.05, 0) is 62.1 Å². The molecule has 2 saturated heterocycles. The van der Waals surface area contributed by atoms with Gasteiger partial charge in [0.2, 0.25) is 0 Å². The molecule has 0 saturated carbocycles. The zero-order valence-corrected chi connectivity index (χ0v) is 19.8. The van der Waals surface area contributed by atoms with Crippen molar-refractivity contribution in [2.45, 2.75) is 44.3 Å². The molecule has 6 rings (SSSR count). The maximum Gasteiger partial charge on any atom is 0.129 e. The van der Waals surface area contributed by atoms with Gasteiger partial charge in [0.15, 0.2) is 0 Å². The number of aryl methyl sites for hydroxylation is 1. The topological polar surface area (TPSA) is 59.9 Å². The molecule has 7 heteroatoms. The number of fused-ring (bicyclic) bond motifs is 1. The summed E-state index contributed by atoms with van der Waals surface area (Å²) in [5.74, 6) is 3.47. The highest BCUT2D eigenvalue weighted by molar-refractivity contribution is 5.97. The maximum atomic E-state index is 5.18. The van der Waals surface area contributed by atoms with Gasteiger partial charge in [-0.3, -0.25) is 9.98 Å². The first-order chi connectivity index (χ1) is 16.8. The van der Waals surface area contributed by atoms with E-state index in [1.807, 2.05) is 24.5 Å². The van der Waals surface area contributed by atoms with Crippen LogP contribution in [0.2, 0.25) is 0 Å². The van der Waals surface area contributed by atoms with E-state index >= 15 is 0 Å². The van der Waals surface area contributed by atoms with Crippen LogP contribution in [0.5, 0.6) is 0 Å². The number of piperidine rings is 1. The van der Waals surface area contributed by atoms with Gasteiger partial charge in [0.25, 0.3) is 0 Å². The van der Waals surface area contributed by atoms with Crippen molar-refractivity contribution >= 4 is 11.7 Å². The molecule has 6 heterocycles. The number of aromatic nitrogens is 2. The molecule has 0 aliphatic carbocycles. The number of nitrogens with one attached hydrogen (secondary N) is 1. The van der Waals surface area contributed by atoms with Gasteiger partial charge in [-0.25, -0.2) is 4.98 Å². The largest absolute Gasteiger partial charge is 0.354 e. The molecule has 3 atom stereocenters. The van der Waals surface area contributed by atoms with Crippen LogP contribution < -0.4 is 10.2 Å². The lowest BCUT2D eigenvalue weighted by Crippen LogP contribution is -2.51. The van der Waals surface area contributed by atoms with E-state index in [9.17, 15) is 0 Å². The predicted octanol–water partition coefficient (Wildman–Crippen LogP) is 3.28. The number of allylic oxidation sites excluding steroid dienone is 2. The van der Waals surface area contributed by atoms with Crippen molar-refractivity contribution in [2.75, 3.05) is 37.6 Å². The molecule has 4 aliphatic heterocycles. The Hall–Kier alpha value is -3.19. The molecule has 176 valence electrons. The summed E-state index contributed by atoms with van der Waals surface area (Å²) in [7, 11) is 0. The second-order valence-electron chi connectivity index (χ2n) is 9.67. The molecule has 1 unspecified atom stereocenters. The molecule has 0 bridgehead atoms.